The zero-order chi connectivity index (χ0) is 37.5. The van der Waals surface area contributed by atoms with E-state index in [-0.39, 0.29) is 0 Å². The fourth-order valence-corrected chi connectivity index (χ4v) is 12.1. The predicted octanol–water partition coefficient (Wildman–Crippen LogP) is 15.3. The van der Waals surface area contributed by atoms with Gasteiger partial charge in [-0.1, -0.05) is 152 Å². The quantitative estimate of drug-likeness (QED) is 0.175. The van der Waals surface area contributed by atoms with Crippen LogP contribution in [0.25, 0.3) is 117 Å². The molecule has 0 radical (unpaired) electrons. The van der Waals surface area contributed by atoms with Crippen molar-refractivity contribution in [3.63, 3.8) is 0 Å². The van der Waals surface area contributed by atoms with Gasteiger partial charge < -0.3 is 0 Å². The maximum Gasteiger partial charge on any atom is 0.165 e. The first-order valence-electron chi connectivity index (χ1n) is 18.9. The third-order valence-electron chi connectivity index (χ3n) is 11.0. The summed E-state index contributed by atoms with van der Waals surface area (Å²) in [5.74, 6) is 2.00. The van der Waals surface area contributed by atoms with Crippen LogP contribution < -0.4 is 0 Å². The number of rotatable bonds is 5. The largest absolute Gasteiger partial charge is 0.208 e. The van der Waals surface area contributed by atoms with E-state index in [1.807, 2.05) is 70.4 Å². The lowest BCUT2D eigenvalue weighted by atomic mass is 9.94. The normalized spacial score (nSPS) is 11.9. The summed E-state index contributed by atoms with van der Waals surface area (Å²) >= 11 is 5.60. The molecule has 3 nitrogen and oxygen atoms in total. The molecule has 0 aliphatic carbocycles. The summed E-state index contributed by atoms with van der Waals surface area (Å²) in [4.78, 5) is 15.2. The lowest BCUT2D eigenvalue weighted by Crippen LogP contribution is -2.00. The van der Waals surface area contributed by atoms with Gasteiger partial charge in [0, 0.05) is 82.8 Å². The van der Waals surface area contributed by atoms with Gasteiger partial charge in [0.15, 0.2) is 17.5 Å². The first-order chi connectivity index (χ1) is 28.2. The Morgan fingerprint density at radius 3 is 1.54 bits per heavy atom. The molecule has 6 heteroatoms. The van der Waals surface area contributed by atoms with Gasteiger partial charge in [0.1, 0.15) is 0 Å². The van der Waals surface area contributed by atoms with Gasteiger partial charge in [0.05, 0.1) is 0 Å². The van der Waals surface area contributed by atoms with E-state index in [0.717, 1.165) is 16.7 Å². The molecule has 0 saturated carbocycles. The second-order valence-corrected chi connectivity index (χ2v) is 17.4. The molecule has 4 heterocycles. The molecule has 4 aromatic heterocycles. The van der Waals surface area contributed by atoms with E-state index < -0.39 is 0 Å². The van der Waals surface area contributed by atoms with Gasteiger partial charge in [0.25, 0.3) is 0 Å². The van der Waals surface area contributed by atoms with Crippen LogP contribution in [-0.4, -0.2) is 15.0 Å². The summed E-state index contributed by atoms with van der Waals surface area (Å²) in [6, 6.07) is 63.0. The highest BCUT2D eigenvalue weighted by Crippen LogP contribution is 2.49. The second kappa shape index (κ2) is 13.0. The Balaban J connectivity index is 1.07. The zero-order valence-corrected chi connectivity index (χ0v) is 32.8. The molecule has 0 fully saturated rings. The van der Waals surface area contributed by atoms with Gasteiger partial charge in [-0.05, 0) is 41.0 Å². The third kappa shape index (κ3) is 5.26. The number of thiophene rings is 3. The van der Waals surface area contributed by atoms with Crippen LogP contribution >= 0.6 is 34.0 Å². The predicted molar refractivity (Wildman–Crippen MR) is 246 cm³/mol. The van der Waals surface area contributed by atoms with E-state index in [2.05, 4.69) is 140 Å². The van der Waals surface area contributed by atoms with Crippen LogP contribution in [0.15, 0.2) is 176 Å². The zero-order valence-electron chi connectivity index (χ0n) is 30.3. The Morgan fingerprint density at radius 2 is 0.825 bits per heavy atom. The van der Waals surface area contributed by atoms with Crippen LogP contribution in [0.1, 0.15) is 0 Å². The minimum atomic E-state index is 0.663. The average Bonchev–Trinajstić information content (AvgIpc) is 3.98. The van der Waals surface area contributed by atoms with E-state index in [4.69, 9.17) is 15.0 Å². The van der Waals surface area contributed by atoms with Crippen molar-refractivity contribution in [1.29, 1.82) is 0 Å². The van der Waals surface area contributed by atoms with Crippen LogP contribution in [0.4, 0.5) is 0 Å². The van der Waals surface area contributed by atoms with Crippen molar-refractivity contribution in [3.8, 4) is 56.4 Å². The lowest BCUT2D eigenvalue weighted by Gasteiger charge is -2.11. The molecule has 0 N–H and O–H groups in total. The van der Waals surface area contributed by atoms with Gasteiger partial charge in [-0.3, -0.25) is 0 Å². The second-order valence-electron chi connectivity index (χ2n) is 14.3. The Morgan fingerprint density at radius 1 is 0.281 bits per heavy atom. The number of hydrogen-bond donors (Lipinski definition) is 0. The summed E-state index contributed by atoms with van der Waals surface area (Å²) in [6.45, 7) is 0. The Labute approximate surface area is 339 Å². The SMILES string of the molecule is c1ccc(-c2nc(-c3ccccc3)nc(-c3cccc4c3sc3c(-c5ccc(-c6ccc7c(c6)sc6ccccc67)c6sc7ccccc7c56)cccc34)n2)cc1. The van der Waals surface area contributed by atoms with E-state index in [0.29, 0.717) is 17.5 Å². The van der Waals surface area contributed by atoms with Crippen molar-refractivity contribution in [2.75, 3.05) is 0 Å². The molecule has 0 aliphatic rings. The number of fused-ring (bicyclic) bond motifs is 9. The van der Waals surface area contributed by atoms with Crippen molar-refractivity contribution >= 4 is 94.5 Å². The van der Waals surface area contributed by atoms with Crippen molar-refractivity contribution < 1.29 is 0 Å². The fourth-order valence-electron chi connectivity index (χ4n) is 8.31. The molecule has 0 spiro atoms. The summed E-state index contributed by atoms with van der Waals surface area (Å²) in [7, 11) is 0. The summed E-state index contributed by atoms with van der Waals surface area (Å²) in [5, 5.41) is 7.70. The van der Waals surface area contributed by atoms with Crippen molar-refractivity contribution in [2.24, 2.45) is 0 Å². The third-order valence-corrected chi connectivity index (χ3v) is 14.6. The van der Waals surface area contributed by atoms with Gasteiger partial charge in [0.2, 0.25) is 0 Å². The van der Waals surface area contributed by atoms with Gasteiger partial charge in [-0.25, -0.2) is 15.0 Å². The molecule has 0 bridgehead atoms. The highest BCUT2D eigenvalue weighted by Gasteiger charge is 2.21. The van der Waals surface area contributed by atoms with E-state index in [1.54, 1.807) is 0 Å². The Kier molecular flexibility index (Phi) is 7.45. The molecule has 12 aromatic rings. The highest BCUT2D eigenvalue weighted by atomic mass is 32.1. The summed E-state index contributed by atoms with van der Waals surface area (Å²) in [5.41, 5.74) is 7.96. The molecule has 0 aliphatic heterocycles. The minimum Gasteiger partial charge on any atom is -0.208 e. The summed E-state index contributed by atoms with van der Waals surface area (Å²) in [6.07, 6.45) is 0. The number of hydrogen-bond acceptors (Lipinski definition) is 6. The van der Waals surface area contributed by atoms with E-state index in [1.165, 1.54) is 82.8 Å². The molecular formula is C51H29N3S3. The molecule has 0 saturated heterocycles. The summed E-state index contributed by atoms with van der Waals surface area (Å²) < 4.78 is 7.70. The fraction of sp³-hybridized carbons (Fsp3) is 0. The maximum absolute atomic E-state index is 5.12. The van der Waals surface area contributed by atoms with Gasteiger partial charge in [-0.15, -0.1) is 34.0 Å². The molecule has 266 valence electrons. The van der Waals surface area contributed by atoms with Crippen LogP contribution in [0.2, 0.25) is 0 Å². The van der Waals surface area contributed by atoms with Gasteiger partial charge in [-0.2, -0.15) is 0 Å². The standard InChI is InChI=1S/C51H29N3S3/c1-3-13-30(14-4-1)49-52-50(31-15-5-2-6-16-31)54-51(53-49)41-22-12-21-39-38-20-11-19-37(46(38)57-47(39)41)36-28-27-33(48-45(36)40-18-8-10-24-43(40)56-48)32-25-26-35-34-17-7-9-23-42(34)55-44(35)29-32/h1-29H. The number of nitrogens with zero attached hydrogens (tertiary/aromatic N) is 3. The Bertz CT molecular complexity index is 3470. The van der Waals surface area contributed by atoms with E-state index in [9.17, 15) is 0 Å². The monoisotopic (exact) mass is 779 g/mol. The molecule has 12 rings (SSSR count). The van der Waals surface area contributed by atoms with E-state index >= 15 is 0 Å². The molecule has 8 aromatic carbocycles. The molecular weight excluding hydrogens is 751 g/mol. The average molecular weight is 780 g/mol. The molecule has 57 heavy (non-hydrogen) atoms. The van der Waals surface area contributed by atoms with Crippen LogP contribution in [-0.2, 0) is 0 Å². The minimum absolute atomic E-state index is 0.663. The number of aromatic nitrogens is 3. The van der Waals surface area contributed by atoms with Crippen molar-refractivity contribution in [2.45, 2.75) is 0 Å². The van der Waals surface area contributed by atoms with Crippen molar-refractivity contribution in [1.82, 2.24) is 15.0 Å². The molecule has 0 amide bonds. The molecule has 0 unspecified atom stereocenters. The van der Waals surface area contributed by atoms with Crippen LogP contribution in [0, 0.1) is 0 Å². The first-order valence-corrected chi connectivity index (χ1v) is 21.4. The Hall–Kier alpha value is -6.57. The topological polar surface area (TPSA) is 38.7 Å². The van der Waals surface area contributed by atoms with Gasteiger partial charge >= 0.3 is 0 Å². The highest BCUT2D eigenvalue weighted by molar-refractivity contribution is 7.27. The number of benzene rings is 8. The molecule has 0 atom stereocenters. The smallest absolute Gasteiger partial charge is 0.165 e. The van der Waals surface area contributed by atoms with Crippen LogP contribution in [0.3, 0.4) is 0 Å². The van der Waals surface area contributed by atoms with Crippen molar-refractivity contribution in [3.05, 3.63) is 176 Å². The first kappa shape index (κ1) is 32.7. The maximum atomic E-state index is 5.12. The lowest BCUT2D eigenvalue weighted by molar-refractivity contribution is 1.08. The van der Waals surface area contributed by atoms with Crippen LogP contribution in [0.5, 0.6) is 0 Å².